The van der Waals surface area contributed by atoms with Gasteiger partial charge in [-0.05, 0) is 19.3 Å². The molecular formula is C13H17F3N2O3. The average Bonchev–Trinajstić information content (AvgIpc) is 2.46. The molecule has 0 aliphatic carbocycles. The molecule has 2 aliphatic heterocycles. The van der Waals surface area contributed by atoms with Crippen LogP contribution in [0.4, 0.5) is 18.0 Å². The molecule has 0 bridgehead atoms. The van der Waals surface area contributed by atoms with E-state index in [1.54, 1.807) is 0 Å². The van der Waals surface area contributed by atoms with Gasteiger partial charge < -0.3 is 14.9 Å². The highest BCUT2D eigenvalue weighted by molar-refractivity contribution is 5.77. The van der Waals surface area contributed by atoms with Crippen LogP contribution >= 0.6 is 0 Å². The molecule has 2 amide bonds. The van der Waals surface area contributed by atoms with Crippen molar-refractivity contribution in [3.63, 3.8) is 0 Å². The normalized spacial score (nSPS) is 23.8. The lowest BCUT2D eigenvalue weighted by atomic mass is 9.98. The number of urea groups is 1. The van der Waals surface area contributed by atoms with Gasteiger partial charge in [0.25, 0.3) is 0 Å². The zero-order valence-electron chi connectivity index (χ0n) is 11.4. The highest BCUT2D eigenvalue weighted by atomic mass is 19.4. The minimum absolute atomic E-state index is 0.0123. The van der Waals surface area contributed by atoms with E-state index >= 15 is 0 Å². The summed E-state index contributed by atoms with van der Waals surface area (Å²) in [5.74, 6) is -1.53. The maximum Gasteiger partial charge on any atom is 0.412 e. The topological polar surface area (TPSA) is 60.9 Å². The number of nitrogens with zero attached hydrogens (tertiary/aromatic N) is 2. The van der Waals surface area contributed by atoms with Gasteiger partial charge in [0.05, 0.1) is 5.92 Å². The SMILES string of the molecule is O=C(O)C1CCCN(C(=O)N2CC=C(C(F)(F)F)CC2)C1. The van der Waals surface area contributed by atoms with E-state index in [1.165, 1.54) is 9.80 Å². The van der Waals surface area contributed by atoms with Crippen LogP contribution in [-0.4, -0.2) is 59.3 Å². The third-order valence-electron chi connectivity index (χ3n) is 3.88. The van der Waals surface area contributed by atoms with Crippen molar-refractivity contribution in [2.24, 2.45) is 5.92 Å². The predicted octanol–water partition coefficient (Wildman–Crippen LogP) is 2.10. The van der Waals surface area contributed by atoms with Crippen LogP contribution in [0.2, 0.25) is 0 Å². The van der Waals surface area contributed by atoms with Crippen LogP contribution in [0.1, 0.15) is 19.3 Å². The van der Waals surface area contributed by atoms with Gasteiger partial charge in [-0.25, -0.2) is 4.79 Å². The molecule has 2 heterocycles. The van der Waals surface area contributed by atoms with Crippen LogP contribution in [0.25, 0.3) is 0 Å². The van der Waals surface area contributed by atoms with Gasteiger partial charge in [0.15, 0.2) is 0 Å². The number of likely N-dealkylation sites (tertiary alicyclic amines) is 1. The summed E-state index contributed by atoms with van der Waals surface area (Å²) in [4.78, 5) is 26.0. The lowest BCUT2D eigenvalue weighted by Gasteiger charge is -2.36. The first-order valence-corrected chi connectivity index (χ1v) is 6.82. The molecule has 21 heavy (non-hydrogen) atoms. The van der Waals surface area contributed by atoms with E-state index in [0.29, 0.717) is 19.4 Å². The van der Waals surface area contributed by atoms with Crippen LogP contribution in [0.15, 0.2) is 11.6 Å². The number of alkyl halides is 3. The lowest BCUT2D eigenvalue weighted by Crippen LogP contribution is -2.50. The smallest absolute Gasteiger partial charge is 0.412 e. The highest BCUT2D eigenvalue weighted by Gasteiger charge is 2.37. The van der Waals surface area contributed by atoms with Gasteiger partial charge in [0.2, 0.25) is 0 Å². The predicted molar refractivity (Wildman–Crippen MR) is 67.7 cm³/mol. The summed E-state index contributed by atoms with van der Waals surface area (Å²) in [7, 11) is 0. The first-order chi connectivity index (χ1) is 9.79. The molecule has 0 radical (unpaired) electrons. The van der Waals surface area contributed by atoms with E-state index < -0.39 is 23.6 Å². The van der Waals surface area contributed by atoms with Crippen LogP contribution in [0, 0.1) is 5.92 Å². The standard InChI is InChI=1S/C13H17F3N2O3/c14-13(15,16)10-3-6-17(7-4-10)12(21)18-5-1-2-9(8-18)11(19)20/h3,9H,1-2,4-8H2,(H,19,20). The van der Waals surface area contributed by atoms with Crippen LogP contribution in [0.3, 0.4) is 0 Å². The molecule has 0 aromatic heterocycles. The van der Waals surface area contributed by atoms with Crippen molar-refractivity contribution in [1.29, 1.82) is 0 Å². The second-order valence-corrected chi connectivity index (χ2v) is 5.33. The summed E-state index contributed by atoms with van der Waals surface area (Å²) >= 11 is 0. The average molecular weight is 306 g/mol. The van der Waals surface area contributed by atoms with Gasteiger partial charge in [-0.2, -0.15) is 13.2 Å². The van der Waals surface area contributed by atoms with Crippen molar-refractivity contribution in [3.8, 4) is 0 Å². The number of carboxylic acid groups (broad SMARTS) is 1. The Labute approximate surface area is 120 Å². The second-order valence-electron chi connectivity index (χ2n) is 5.33. The maximum atomic E-state index is 12.5. The Morgan fingerprint density at radius 2 is 1.95 bits per heavy atom. The summed E-state index contributed by atoms with van der Waals surface area (Å²) in [5, 5.41) is 8.99. The number of aliphatic carboxylic acids is 1. The monoisotopic (exact) mass is 306 g/mol. The van der Waals surface area contributed by atoms with Gasteiger partial charge in [0.1, 0.15) is 0 Å². The Balaban J connectivity index is 1.96. The molecular weight excluding hydrogens is 289 g/mol. The van der Waals surface area contributed by atoms with Gasteiger partial charge in [-0.3, -0.25) is 4.79 Å². The number of hydrogen-bond donors (Lipinski definition) is 1. The number of piperidine rings is 1. The third-order valence-corrected chi connectivity index (χ3v) is 3.88. The summed E-state index contributed by atoms with van der Waals surface area (Å²) < 4.78 is 37.6. The summed E-state index contributed by atoms with van der Waals surface area (Å²) in [6.45, 7) is 0.510. The minimum atomic E-state index is -4.34. The number of amides is 2. The van der Waals surface area contributed by atoms with Crippen LogP contribution in [0.5, 0.6) is 0 Å². The number of carbonyl (C=O) groups is 2. The van der Waals surface area contributed by atoms with Gasteiger partial charge in [0, 0.05) is 31.8 Å². The van der Waals surface area contributed by atoms with Crippen molar-refractivity contribution in [1.82, 2.24) is 9.80 Å². The fourth-order valence-electron chi connectivity index (χ4n) is 2.65. The molecule has 1 fully saturated rings. The van der Waals surface area contributed by atoms with Crippen LogP contribution < -0.4 is 0 Å². The first kappa shape index (κ1) is 15.7. The summed E-state index contributed by atoms with van der Waals surface area (Å²) in [5.41, 5.74) is -0.603. The molecule has 0 aromatic carbocycles. The van der Waals surface area contributed by atoms with Gasteiger partial charge >= 0.3 is 18.2 Å². The zero-order valence-corrected chi connectivity index (χ0v) is 11.4. The van der Waals surface area contributed by atoms with Crippen molar-refractivity contribution < 1.29 is 27.9 Å². The molecule has 2 rings (SSSR count). The van der Waals surface area contributed by atoms with E-state index in [4.69, 9.17) is 5.11 Å². The Kier molecular flexibility index (Phi) is 4.43. The molecule has 5 nitrogen and oxygen atoms in total. The van der Waals surface area contributed by atoms with Crippen molar-refractivity contribution in [3.05, 3.63) is 11.6 Å². The number of carbonyl (C=O) groups excluding carboxylic acids is 1. The maximum absolute atomic E-state index is 12.5. The molecule has 1 N–H and O–H groups in total. The number of halogens is 3. The Morgan fingerprint density at radius 1 is 1.24 bits per heavy atom. The second kappa shape index (κ2) is 5.95. The van der Waals surface area contributed by atoms with Crippen molar-refractivity contribution in [2.75, 3.05) is 26.2 Å². The molecule has 8 heteroatoms. The van der Waals surface area contributed by atoms with E-state index in [-0.39, 0.29) is 32.1 Å². The largest absolute Gasteiger partial charge is 0.481 e. The molecule has 118 valence electrons. The fourth-order valence-corrected chi connectivity index (χ4v) is 2.65. The van der Waals surface area contributed by atoms with E-state index in [1.807, 2.05) is 0 Å². The highest BCUT2D eigenvalue weighted by Crippen LogP contribution is 2.30. The Hall–Kier alpha value is -1.73. The minimum Gasteiger partial charge on any atom is -0.481 e. The molecule has 2 aliphatic rings. The van der Waals surface area contributed by atoms with E-state index in [0.717, 1.165) is 6.08 Å². The quantitative estimate of drug-likeness (QED) is 0.755. The summed E-state index contributed by atoms with van der Waals surface area (Å²) in [6.07, 6.45) is -2.41. The first-order valence-electron chi connectivity index (χ1n) is 6.82. The van der Waals surface area contributed by atoms with Crippen molar-refractivity contribution in [2.45, 2.75) is 25.4 Å². The fraction of sp³-hybridized carbons (Fsp3) is 0.692. The van der Waals surface area contributed by atoms with Gasteiger partial charge in [-0.1, -0.05) is 6.08 Å². The molecule has 0 saturated carbocycles. The third kappa shape index (κ3) is 3.68. The van der Waals surface area contributed by atoms with Crippen molar-refractivity contribution >= 4 is 12.0 Å². The van der Waals surface area contributed by atoms with E-state index in [2.05, 4.69) is 0 Å². The van der Waals surface area contributed by atoms with Gasteiger partial charge in [-0.15, -0.1) is 0 Å². The lowest BCUT2D eigenvalue weighted by molar-refractivity contribution is -0.143. The molecule has 1 unspecified atom stereocenters. The number of hydrogen-bond acceptors (Lipinski definition) is 2. The van der Waals surface area contributed by atoms with Crippen LogP contribution in [-0.2, 0) is 4.79 Å². The molecule has 1 saturated heterocycles. The number of rotatable bonds is 1. The molecule has 1 atom stereocenters. The summed E-state index contributed by atoms with van der Waals surface area (Å²) in [6, 6.07) is -0.376. The van der Waals surface area contributed by atoms with E-state index in [9.17, 15) is 22.8 Å². The molecule has 0 aromatic rings. The zero-order chi connectivity index (χ0) is 15.6. The molecule has 0 spiro atoms. The number of carboxylic acids is 1. The Bertz CT molecular complexity index is 462. The Morgan fingerprint density at radius 3 is 2.48 bits per heavy atom.